The minimum Gasteiger partial charge on any atom is -0.481 e. The zero-order valence-electron chi connectivity index (χ0n) is 8.57. The first-order valence-corrected chi connectivity index (χ1v) is 5.55. The highest BCUT2D eigenvalue weighted by Crippen LogP contribution is 2.60. The van der Waals surface area contributed by atoms with E-state index in [1.54, 1.807) is 0 Å². The summed E-state index contributed by atoms with van der Waals surface area (Å²) < 4.78 is 0. The first-order valence-electron chi connectivity index (χ1n) is 5.55. The smallest absolute Gasteiger partial charge is 0.307 e. The second-order valence-corrected chi connectivity index (χ2v) is 4.76. The lowest BCUT2D eigenvalue weighted by atomic mass is 9.79. The van der Waals surface area contributed by atoms with Crippen LogP contribution >= 0.6 is 0 Å². The molecule has 0 amide bonds. The number of carboxylic acids is 1. The van der Waals surface area contributed by atoms with Gasteiger partial charge in [-0.3, -0.25) is 4.79 Å². The van der Waals surface area contributed by atoms with Crippen LogP contribution in [0.3, 0.4) is 0 Å². The maximum absolute atomic E-state index is 11.0. The van der Waals surface area contributed by atoms with Crippen LogP contribution in [0, 0.1) is 5.92 Å². The lowest BCUT2D eigenvalue weighted by molar-refractivity contribution is -0.139. The van der Waals surface area contributed by atoms with Gasteiger partial charge in [0.2, 0.25) is 0 Å². The van der Waals surface area contributed by atoms with Crippen molar-refractivity contribution in [3.05, 3.63) is 35.4 Å². The molecule has 1 aromatic carbocycles. The van der Waals surface area contributed by atoms with Gasteiger partial charge in [-0.2, -0.15) is 0 Å². The molecule has 0 heterocycles. The topological polar surface area (TPSA) is 37.3 Å². The van der Waals surface area contributed by atoms with Crippen molar-refractivity contribution < 1.29 is 9.90 Å². The maximum atomic E-state index is 11.0. The molecule has 2 aliphatic rings. The average Bonchev–Trinajstić information content (AvgIpc) is 2.95. The molecular weight excluding hydrogens is 188 g/mol. The van der Waals surface area contributed by atoms with Crippen LogP contribution in [-0.2, 0) is 16.6 Å². The van der Waals surface area contributed by atoms with Crippen molar-refractivity contribution in [2.45, 2.75) is 31.1 Å². The summed E-state index contributed by atoms with van der Waals surface area (Å²) >= 11 is 0. The molecule has 0 unspecified atom stereocenters. The number of rotatable bonds is 1. The van der Waals surface area contributed by atoms with E-state index in [4.69, 9.17) is 5.11 Å². The molecule has 78 valence electrons. The molecule has 2 atom stereocenters. The number of hydrogen-bond acceptors (Lipinski definition) is 1. The number of carbonyl (C=O) groups is 1. The van der Waals surface area contributed by atoms with E-state index in [2.05, 4.69) is 18.2 Å². The minimum absolute atomic E-state index is 0.000671. The fourth-order valence-corrected chi connectivity index (χ4v) is 3.16. The Kier molecular flexibility index (Phi) is 1.70. The van der Waals surface area contributed by atoms with Gasteiger partial charge < -0.3 is 5.11 Å². The van der Waals surface area contributed by atoms with Gasteiger partial charge in [0, 0.05) is 5.41 Å². The molecule has 0 radical (unpaired) electrons. The molecule has 1 spiro atoms. The Morgan fingerprint density at radius 2 is 2.20 bits per heavy atom. The number of aryl methyl sites for hydroxylation is 1. The molecule has 2 aliphatic carbocycles. The largest absolute Gasteiger partial charge is 0.481 e. The molecule has 0 aromatic heterocycles. The Labute approximate surface area is 88.9 Å². The summed E-state index contributed by atoms with van der Waals surface area (Å²) in [4.78, 5) is 11.0. The molecule has 1 aromatic rings. The summed E-state index contributed by atoms with van der Waals surface area (Å²) in [6.45, 7) is 0. The lowest BCUT2D eigenvalue weighted by Crippen LogP contribution is -2.21. The highest BCUT2D eigenvalue weighted by atomic mass is 16.4. The van der Waals surface area contributed by atoms with E-state index in [9.17, 15) is 4.79 Å². The quantitative estimate of drug-likeness (QED) is 0.759. The Balaban J connectivity index is 2.05. The zero-order valence-corrected chi connectivity index (χ0v) is 8.57. The van der Waals surface area contributed by atoms with Crippen LogP contribution in [0.2, 0.25) is 0 Å². The highest BCUT2D eigenvalue weighted by Gasteiger charge is 2.60. The number of fused-ring (bicyclic) bond motifs is 2. The molecule has 0 aliphatic heterocycles. The van der Waals surface area contributed by atoms with Crippen LogP contribution in [0.1, 0.15) is 30.4 Å². The standard InChI is InChI=1S/C13H14O2/c14-12(15)11-8-13(11)7-3-5-9-4-1-2-6-10(9)13/h1-2,4,6,11H,3,5,7-8H2,(H,14,15)/t11-,13-/m0/s1. The van der Waals surface area contributed by atoms with Crippen molar-refractivity contribution in [2.75, 3.05) is 0 Å². The molecule has 15 heavy (non-hydrogen) atoms. The summed E-state index contributed by atoms with van der Waals surface area (Å²) in [5, 5.41) is 9.10. The van der Waals surface area contributed by atoms with Crippen molar-refractivity contribution >= 4 is 5.97 Å². The summed E-state index contributed by atoms with van der Waals surface area (Å²) in [5.74, 6) is -0.745. The van der Waals surface area contributed by atoms with Crippen molar-refractivity contribution in [3.8, 4) is 0 Å². The second-order valence-electron chi connectivity index (χ2n) is 4.76. The van der Waals surface area contributed by atoms with Crippen LogP contribution in [0.15, 0.2) is 24.3 Å². The van der Waals surface area contributed by atoms with Crippen molar-refractivity contribution in [2.24, 2.45) is 5.92 Å². The van der Waals surface area contributed by atoms with Gasteiger partial charge in [-0.05, 0) is 36.8 Å². The normalized spacial score (nSPS) is 32.4. The van der Waals surface area contributed by atoms with E-state index in [1.165, 1.54) is 11.1 Å². The van der Waals surface area contributed by atoms with E-state index in [1.807, 2.05) is 6.07 Å². The molecule has 1 saturated carbocycles. The summed E-state index contributed by atoms with van der Waals surface area (Å²) in [6, 6.07) is 8.35. The van der Waals surface area contributed by atoms with Crippen molar-refractivity contribution in [3.63, 3.8) is 0 Å². The van der Waals surface area contributed by atoms with Crippen molar-refractivity contribution in [1.29, 1.82) is 0 Å². The third kappa shape index (κ3) is 1.14. The molecule has 0 saturated heterocycles. The number of aliphatic carboxylic acids is 1. The maximum Gasteiger partial charge on any atom is 0.307 e. The summed E-state index contributed by atoms with van der Waals surface area (Å²) in [7, 11) is 0. The van der Waals surface area contributed by atoms with Gasteiger partial charge in [0.1, 0.15) is 0 Å². The number of benzene rings is 1. The highest BCUT2D eigenvalue weighted by molar-refractivity contribution is 5.77. The molecule has 2 heteroatoms. The van der Waals surface area contributed by atoms with Crippen LogP contribution in [0.5, 0.6) is 0 Å². The molecule has 1 fully saturated rings. The fraction of sp³-hybridized carbons (Fsp3) is 0.462. The van der Waals surface area contributed by atoms with Gasteiger partial charge >= 0.3 is 5.97 Å². The van der Waals surface area contributed by atoms with Gasteiger partial charge in [0.15, 0.2) is 0 Å². The predicted octanol–water partition coefficient (Wildman–Crippen LogP) is 2.37. The van der Waals surface area contributed by atoms with Gasteiger partial charge in [0.05, 0.1) is 5.92 Å². The Morgan fingerprint density at radius 1 is 1.40 bits per heavy atom. The molecule has 3 rings (SSSR count). The third-order valence-corrected chi connectivity index (χ3v) is 4.00. The Bertz CT molecular complexity index is 424. The van der Waals surface area contributed by atoms with Gasteiger partial charge in [0.25, 0.3) is 0 Å². The average molecular weight is 202 g/mol. The monoisotopic (exact) mass is 202 g/mol. The van der Waals surface area contributed by atoms with Crippen LogP contribution in [-0.4, -0.2) is 11.1 Å². The van der Waals surface area contributed by atoms with E-state index < -0.39 is 5.97 Å². The van der Waals surface area contributed by atoms with Crippen molar-refractivity contribution in [1.82, 2.24) is 0 Å². The van der Waals surface area contributed by atoms with Gasteiger partial charge in [-0.1, -0.05) is 24.3 Å². The van der Waals surface area contributed by atoms with Crippen LogP contribution in [0.4, 0.5) is 0 Å². The first-order chi connectivity index (χ1) is 7.24. The van der Waals surface area contributed by atoms with E-state index >= 15 is 0 Å². The fourth-order valence-electron chi connectivity index (χ4n) is 3.16. The SMILES string of the molecule is O=C(O)[C@@H]1C[C@]12CCCc1ccccc12. The Morgan fingerprint density at radius 3 is 2.93 bits per heavy atom. The van der Waals surface area contributed by atoms with E-state index in [0.29, 0.717) is 0 Å². The van der Waals surface area contributed by atoms with E-state index in [0.717, 1.165) is 25.7 Å². The van der Waals surface area contributed by atoms with E-state index in [-0.39, 0.29) is 11.3 Å². The zero-order chi connectivity index (χ0) is 10.5. The number of hydrogen-bond donors (Lipinski definition) is 1. The summed E-state index contributed by atoms with van der Waals surface area (Å²) in [5.41, 5.74) is 2.68. The lowest BCUT2D eigenvalue weighted by Gasteiger charge is -2.25. The first kappa shape index (κ1) is 8.96. The predicted molar refractivity (Wildman–Crippen MR) is 56.8 cm³/mol. The van der Waals surface area contributed by atoms with Crippen LogP contribution < -0.4 is 0 Å². The number of carboxylic acid groups (broad SMARTS) is 1. The minimum atomic E-state index is -0.619. The molecule has 1 N–H and O–H groups in total. The molecule has 2 nitrogen and oxygen atoms in total. The van der Waals surface area contributed by atoms with Gasteiger partial charge in [-0.15, -0.1) is 0 Å². The Hall–Kier alpha value is -1.31. The van der Waals surface area contributed by atoms with Gasteiger partial charge in [-0.25, -0.2) is 0 Å². The molecule has 0 bridgehead atoms. The second kappa shape index (κ2) is 2.84. The molecular formula is C13H14O2. The van der Waals surface area contributed by atoms with Crippen LogP contribution in [0.25, 0.3) is 0 Å². The third-order valence-electron chi connectivity index (χ3n) is 4.00. The summed E-state index contributed by atoms with van der Waals surface area (Å²) in [6.07, 6.45) is 4.16.